The molecule has 3 atom stereocenters. The van der Waals surface area contributed by atoms with Crippen molar-refractivity contribution < 1.29 is 38.1 Å². The smallest absolute Gasteiger partial charge is 0.302 e. The summed E-state index contributed by atoms with van der Waals surface area (Å²) in [5, 5.41) is 3.01. The van der Waals surface area contributed by atoms with Gasteiger partial charge >= 0.3 is 11.9 Å². The highest BCUT2D eigenvalue weighted by atomic mass is 16.6. The Labute approximate surface area is 321 Å². The van der Waals surface area contributed by atoms with E-state index in [-0.39, 0.29) is 30.5 Å². The Morgan fingerprint density at radius 3 is 2.26 bits per heavy atom. The molecule has 0 bridgehead atoms. The number of likely N-dealkylation sites (N-methyl/N-ethyl adjacent to an activating group) is 1. The summed E-state index contributed by atoms with van der Waals surface area (Å²) in [5.41, 5.74) is 4.58. The number of esters is 2. The molecule has 2 aliphatic rings. The highest BCUT2D eigenvalue weighted by molar-refractivity contribution is 5.93. The molecule has 0 spiro atoms. The second-order valence-electron chi connectivity index (χ2n) is 16.0. The Balaban J connectivity index is 1.53. The van der Waals surface area contributed by atoms with Crippen molar-refractivity contribution in [3.63, 3.8) is 0 Å². The zero-order valence-corrected chi connectivity index (χ0v) is 34.0. The molecule has 2 heterocycles. The monoisotopic (exact) mass is 747 g/mol. The fourth-order valence-corrected chi connectivity index (χ4v) is 7.11. The highest BCUT2D eigenvalue weighted by Gasteiger charge is 2.38. The number of aryl methyl sites for hydroxylation is 2. The molecule has 54 heavy (non-hydrogen) atoms. The number of rotatable bonds is 14. The lowest BCUT2D eigenvalue weighted by atomic mass is 9.88. The van der Waals surface area contributed by atoms with Gasteiger partial charge in [-0.2, -0.15) is 0 Å². The van der Waals surface area contributed by atoms with E-state index < -0.39 is 29.1 Å². The average molecular weight is 748 g/mol. The van der Waals surface area contributed by atoms with Gasteiger partial charge in [-0.1, -0.05) is 43.7 Å². The minimum atomic E-state index is -1.02. The van der Waals surface area contributed by atoms with Crippen LogP contribution < -0.4 is 10.1 Å². The van der Waals surface area contributed by atoms with Gasteiger partial charge in [-0.15, -0.1) is 0 Å². The van der Waals surface area contributed by atoms with E-state index >= 15 is 0 Å². The van der Waals surface area contributed by atoms with Crippen LogP contribution in [-0.2, 0) is 46.2 Å². The lowest BCUT2D eigenvalue weighted by molar-refractivity contribution is -0.169. The number of methoxy groups -OCH3 is 1. The van der Waals surface area contributed by atoms with Crippen LogP contribution in [0.2, 0.25) is 0 Å². The zero-order valence-electron chi connectivity index (χ0n) is 34.0. The first-order chi connectivity index (χ1) is 25.4. The second kappa shape index (κ2) is 18.4. The maximum absolute atomic E-state index is 13.5. The van der Waals surface area contributed by atoms with Crippen LogP contribution in [0.4, 0.5) is 0 Å². The van der Waals surface area contributed by atoms with E-state index in [4.69, 9.17) is 18.9 Å². The fourth-order valence-electron chi connectivity index (χ4n) is 7.11. The molecule has 2 saturated heterocycles. The Morgan fingerprint density at radius 2 is 1.65 bits per heavy atom. The number of nitrogens with one attached hydrogen (secondary N) is 1. The van der Waals surface area contributed by atoms with Crippen LogP contribution >= 0.6 is 0 Å². The van der Waals surface area contributed by atoms with Crippen LogP contribution in [0.5, 0.6) is 5.75 Å². The van der Waals surface area contributed by atoms with Crippen molar-refractivity contribution in [2.75, 3.05) is 46.9 Å². The molecule has 11 heteroatoms. The molecule has 1 N–H and O–H groups in total. The zero-order chi connectivity index (χ0) is 39.8. The van der Waals surface area contributed by atoms with Gasteiger partial charge in [-0.25, -0.2) is 0 Å². The molecule has 11 nitrogen and oxygen atoms in total. The Hall–Kier alpha value is -4.22. The predicted molar refractivity (Wildman–Crippen MR) is 209 cm³/mol. The summed E-state index contributed by atoms with van der Waals surface area (Å²) in [6, 6.07) is 10.6. The first kappa shape index (κ1) is 42.5. The quantitative estimate of drug-likeness (QED) is 0.233. The number of benzene rings is 2. The number of hydrogen-bond donors (Lipinski definition) is 1. The molecule has 0 radical (unpaired) electrons. The minimum absolute atomic E-state index is 0.0677. The number of nitrogens with zero attached hydrogens (tertiary/aromatic N) is 2. The Morgan fingerprint density at radius 1 is 0.944 bits per heavy atom. The predicted octanol–water partition coefficient (Wildman–Crippen LogP) is 5.97. The number of hydrogen-bond acceptors (Lipinski definition) is 9. The number of ether oxygens (including phenoxy) is 4. The van der Waals surface area contributed by atoms with Crippen molar-refractivity contribution >= 4 is 29.8 Å². The SMILES string of the molecule is CCCc1cc(OC)c([C@H]2C[C@@H](OC(C)=O)C[C@@H](COC(C)=O)O2)cc1Cc1ccc(/C=C/C(C)(C)C(=O)NC(C)(C)C(=O)N2CCN(C)CC2)cc1C. The normalized spacial score (nSPS) is 19.7. The van der Waals surface area contributed by atoms with Gasteiger partial charge in [0.1, 0.15) is 24.0 Å². The van der Waals surface area contributed by atoms with Gasteiger partial charge in [0.2, 0.25) is 11.8 Å². The summed E-state index contributed by atoms with van der Waals surface area (Å²) in [6.07, 6.45) is 6.01. The van der Waals surface area contributed by atoms with Crippen LogP contribution in [-0.4, -0.2) is 98.2 Å². The number of piperazine rings is 1. The number of carbonyl (C=O) groups is 4. The maximum atomic E-state index is 13.5. The van der Waals surface area contributed by atoms with Crippen LogP contribution in [0.3, 0.4) is 0 Å². The lowest BCUT2D eigenvalue weighted by Crippen LogP contribution is -2.60. The standard InChI is InChI=1S/C43H61N3O8/c1-11-12-33-24-38(51-10)37(39-26-35(53-30(4)48)25-36(54-39)27-52-29(3)47)23-34(33)22-32-14-13-31(21-28(32)2)15-16-42(5,6)40(49)44-43(7,8)41(50)46-19-17-45(9)18-20-46/h13-16,21,23-24,35-36,39H,11-12,17-20,22,25-27H2,1-10H3,(H,44,49)/b16-15+/t35-,36-,39+/m0/s1. The summed E-state index contributed by atoms with van der Waals surface area (Å²) in [6.45, 7) is 17.3. The topological polar surface area (TPSA) is 124 Å². The third-order valence-corrected chi connectivity index (χ3v) is 10.4. The van der Waals surface area contributed by atoms with E-state index in [1.807, 2.05) is 37.9 Å². The van der Waals surface area contributed by atoms with Crippen molar-refractivity contribution in [3.05, 3.63) is 69.8 Å². The maximum Gasteiger partial charge on any atom is 0.302 e. The van der Waals surface area contributed by atoms with E-state index in [1.54, 1.807) is 21.0 Å². The summed E-state index contributed by atoms with van der Waals surface area (Å²) in [5.74, 6) is -0.332. The molecule has 2 aromatic rings. The first-order valence-corrected chi connectivity index (χ1v) is 19.2. The molecule has 2 fully saturated rings. The first-order valence-electron chi connectivity index (χ1n) is 19.2. The summed E-state index contributed by atoms with van der Waals surface area (Å²) >= 11 is 0. The molecule has 0 aliphatic carbocycles. The fraction of sp³-hybridized carbons (Fsp3) is 0.581. The molecule has 296 valence electrons. The van der Waals surface area contributed by atoms with Gasteiger partial charge in [0.05, 0.1) is 24.7 Å². The highest BCUT2D eigenvalue weighted by Crippen LogP contribution is 2.40. The van der Waals surface area contributed by atoms with Gasteiger partial charge in [-0.3, -0.25) is 19.2 Å². The second-order valence-corrected chi connectivity index (χ2v) is 16.0. The molecule has 2 amide bonds. The van der Waals surface area contributed by atoms with Crippen molar-refractivity contribution in [1.82, 2.24) is 15.1 Å². The molecule has 0 unspecified atom stereocenters. The van der Waals surface area contributed by atoms with Crippen LogP contribution in [0.25, 0.3) is 6.08 Å². The van der Waals surface area contributed by atoms with E-state index in [0.717, 1.165) is 53.7 Å². The van der Waals surface area contributed by atoms with Crippen LogP contribution in [0.15, 0.2) is 36.4 Å². The molecule has 0 saturated carbocycles. The van der Waals surface area contributed by atoms with Crippen molar-refractivity contribution in [2.45, 2.75) is 111 Å². The minimum Gasteiger partial charge on any atom is -0.496 e. The van der Waals surface area contributed by atoms with E-state index in [1.165, 1.54) is 19.4 Å². The summed E-state index contributed by atoms with van der Waals surface area (Å²) in [7, 11) is 3.69. The summed E-state index contributed by atoms with van der Waals surface area (Å²) in [4.78, 5) is 54.3. The third kappa shape index (κ3) is 11.4. The molecule has 2 aromatic carbocycles. The largest absolute Gasteiger partial charge is 0.496 e. The van der Waals surface area contributed by atoms with Crippen LogP contribution in [0.1, 0.15) is 107 Å². The molecule has 4 rings (SSSR count). The van der Waals surface area contributed by atoms with E-state index in [2.05, 4.69) is 54.4 Å². The average Bonchev–Trinajstić information content (AvgIpc) is 3.10. The van der Waals surface area contributed by atoms with Gasteiger partial charge in [0.15, 0.2) is 0 Å². The Bertz CT molecular complexity index is 1690. The van der Waals surface area contributed by atoms with Gasteiger partial charge in [0.25, 0.3) is 0 Å². The molecule has 0 aromatic heterocycles. The summed E-state index contributed by atoms with van der Waals surface area (Å²) < 4.78 is 23.3. The van der Waals surface area contributed by atoms with Gasteiger partial charge < -0.3 is 34.1 Å². The lowest BCUT2D eigenvalue weighted by Gasteiger charge is -2.38. The van der Waals surface area contributed by atoms with Crippen molar-refractivity contribution in [3.8, 4) is 5.75 Å². The van der Waals surface area contributed by atoms with Gasteiger partial charge in [-0.05, 0) is 94.5 Å². The van der Waals surface area contributed by atoms with Gasteiger partial charge in [0, 0.05) is 58.4 Å². The third-order valence-electron chi connectivity index (χ3n) is 10.4. The van der Waals surface area contributed by atoms with Crippen molar-refractivity contribution in [2.24, 2.45) is 5.41 Å². The molecular formula is C43H61N3O8. The number of amides is 2. The van der Waals surface area contributed by atoms with E-state index in [9.17, 15) is 19.2 Å². The molecular weight excluding hydrogens is 686 g/mol. The van der Waals surface area contributed by atoms with Crippen molar-refractivity contribution in [1.29, 1.82) is 0 Å². The van der Waals surface area contributed by atoms with E-state index in [0.29, 0.717) is 38.1 Å². The molecule has 2 aliphatic heterocycles. The van der Waals surface area contributed by atoms with Crippen LogP contribution in [0, 0.1) is 12.3 Å². The Kier molecular flexibility index (Phi) is 14.5. The number of carbonyl (C=O) groups excluding carboxylic acids is 4.